The number of rotatable bonds is 9. The van der Waals surface area contributed by atoms with E-state index < -0.39 is 22.2 Å². The van der Waals surface area contributed by atoms with Crippen molar-refractivity contribution in [1.82, 2.24) is 14.8 Å². The van der Waals surface area contributed by atoms with Crippen molar-refractivity contribution < 1.29 is 27.2 Å². The van der Waals surface area contributed by atoms with Gasteiger partial charge < -0.3 is 20.0 Å². The van der Waals surface area contributed by atoms with Crippen molar-refractivity contribution >= 4 is 38.6 Å². The van der Waals surface area contributed by atoms with Crippen molar-refractivity contribution in [1.29, 1.82) is 0 Å². The van der Waals surface area contributed by atoms with Gasteiger partial charge in [0, 0.05) is 23.8 Å². The van der Waals surface area contributed by atoms with E-state index in [1.165, 1.54) is 30.3 Å². The Morgan fingerprint density at radius 2 is 1.85 bits per heavy atom. The molecule has 0 fully saturated rings. The fourth-order valence-electron chi connectivity index (χ4n) is 3.12. The van der Waals surface area contributed by atoms with Crippen LogP contribution in [-0.2, 0) is 19.7 Å². The SMILES string of the molecule is CCCCNC(=O)ONS(=O)(=O)c1ccc(NC(=O)C(C)n2ccc3c(F)cccc32)cc1. The number of carbonyl (C=O) groups excluding carboxylic acids is 2. The summed E-state index contributed by atoms with van der Waals surface area (Å²) in [5, 5.41) is 5.54. The largest absolute Gasteiger partial charge is 0.427 e. The molecule has 176 valence electrons. The lowest BCUT2D eigenvalue weighted by atomic mass is 10.2. The van der Waals surface area contributed by atoms with Gasteiger partial charge in [0.15, 0.2) is 0 Å². The normalized spacial score (nSPS) is 12.3. The van der Waals surface area contributed by atoms with Crippen LogP contribution in [0.25, 0.3) is 10.9 Å². The van der Waals surface area contributed by atoms with E-state index in [4.69, 9.17) is 0 Å². The van der Waals surface area contributed by atoms with Crippen LogP contribution in [0.3, 0.4) is 0 Å². The molecule has 9 nitrogen and oxygen atoms in total. The summed E-state index contributed by atoms with van der Waals surface area (Å²) in [6.45, 7) is 4.00. The summed E-state index contributed by atoms with van der Waals surface area (Å²) in [6.07, 6.45) is 2.35. The van der Waals surface area contributed by atoms with Crippen molar-refractivity contribution in [3.63, 3.8) is 0 Å². The molecule has 0 saturated heterocycles. The van der Waals surface area contributed by atoms with Crippen LogP contribution in [0.1, 0.15) is 32.7 Å². The van der Waals surface area contributed by atoms with Crippen LogP contribution in [0, 0.1) is 5.82 Å². The highest BCUT2D eigenvalue weighted by molar-refractivity contribution is 7.89. The lowest BCUT2D eigenvalue weighted by Crippen LogP contribution is -2.34. The number of halogens is 1. The van der Waals surface area contributed by atoms with Gasteiger partial charge in [-0.05, 0) is 60.7 Å². The van der Waals surface area contributed by atoms with E-state index >= 15 is 0 Å². The number of unbranched alkanes of at least 4 members (excludes halogenated alkanes) is 1. The van der Waals surface area contributed by atoms with Crippen molar-refractivity contribution in [2.24, 2.45) is 0 Å². The first kappa shape index (κ1) is 24.2. The molecule has 0 aliphatic carbocycles. The lowest BCUT2D eigenvalue weighted by Gasteiger charge is -2.16. The minimum absolute atomic E-state index is 0.151. The molecule has 3 rings (SSSR count). The van der Waals surface area contributed by atoms with Gasteiger partial charge in [-0.25, -0.2) is 17.6 Å². The number of carbonyl (C=O) groups is 2. The number of amides is 2. The minimum Gasteiger partial charge on any atom is -0.338 e. The van der Waals surface area contributed by atoms with E-state index in [0.29, 0.717) is 23.1 Å². The van der Waals surface area contributed by atoms with Crippen molar-refractivity contribution in [3.8, 4) is 0 Å². The van der Waals surface area contributed by atoms with Gasteiger partial charge >= 0.3 is 6.09 Å². The Kier molecular flexibility index (Phi) is 7.67. The van der Waals surface area contributed by atoms with Crippen LogP contribution in [0.5, 0.6) is 0 Å². The Balaban J connectivity index is 1.62. The van der Waals surface area contributed by atoms with Crippen LogP contribution in [0.15, 0.2) is 59.6 Å². The highest BCUT2D eigenvalue weighted by atomic mass is 32.2. The number of anilines is 1. The topological polar surface area (TPSA) is 119 Å². The number of nitrogens with one attached hydrogen (secondary N) is 3. The smallest absolute Gasteiger partial charge is 0.338 e. The molecular weight excluding hydrogens is 451 g/mol. The van der Waals surface area contributed by atoms with Gasteiger partial charge in [0.2, 0.25) is 5.91 Å². The fourth-order valence-corrected chi connectivity index (χ4v) is 3.90. The standard InChI is InChI=1S/C22H25FN4O5S/c1-3-4-13-24-22(29)32-26-33(30,31)17-10-8-16(9-11-17)25-21(28)15(2)27-14-12-18-19(23)6-5-7-20(18)27/h5-12,14-15,26H,3-4,13H2,1-2H3,(H,24,29)(H,25,28). The summed E-state index contributed by atoms with van der Waals surface area (Å²) in [5.41, 5.74) is 0.954. The van der Waals surface area contributed by atoms with Gasteiger partial charge in [-0.3, -0.25) is 4.79 Å². The summed E-state index contributed by atoms with van der Waals surface area (Å²) in [6, 6.07) is 11.0. The second kappa shape index (κ2) is 10.5. The fraction of sp³-hybridized carbons (Fsp3) is 0.273. The third kappa shape index (κ3) is 5.88. The molecule has 0 aliphatic heterocycles. The van der Waals surface area contributed by atoms with Gasteiger partial charge in [-0.15, -0.1) is 0 Å². The molecule has 0 bridgehead atoms. The van der Waals surface area contributed by atoms with Gasteiger partial charge in [-0.2, -0.15) is 0 Å². The van der Waals surface area contributed by atoms with E-state index in [1.807, 2.05) is 6.92 Å². The molecule has 2 amide bonds. The average Bonchev–Trinajstić information content (AvgIpc) is 3.23. The van der Waals surface area contributed by atoms with Gasteiger partial charge in [0.1, 0.15) is 11.9 Å². The zero-order valence-corrected chi connectivity index (χ0v) is 19.0. The second-order valence-corrected chi connectivity index (χ2v) is 8.99. The van der Waals surface area contributed by atoms with E-state index in [2.05, 4.69) is 15.5 Å². The van der Waals surface area contributed by atoms with E-state index in [-0.39, 0.29) is 16.6 Å². The molecule has 0 saturated carbocycles. The molecule has 2 aromatic carbocycles. The number of fused-ring (bicyclic) bond motifs is 1. The van der Waals surface area contributed by atoms with E-state index in [1.54, 1.807) is 40.8 Å². The predicted molar refractivity (Wildman–Crippen MR) is 121 cm³/mol. The monoisotopic (exact) mass is 476 g/mol. The zero-order valence-electron chi connectivity index (χ0n) is 18.2. The van der Waals surface area contributed by atoms with Gasteiger partial charge in [0.25, 0.3) is 10.0 Å². The summed E-state index contributed by atoms with van der Waals surface area (Å²) >= 11 is 0. The molecule has 0 spiro atoms. The highest BCUT2D eigenvalue weighted by Crippen LogP contribution is 2.23. The molecule has 1 atom stereocenters. The quantitative estimate of drug-likeness (QED) is 0.321. The molecule has 33 heavy (non-hydrogen) atoms. The number of aromatic nitrogens is 1. The Morgan fingerprint density at radius 3 is 2.55 bits per heavy atom. The molecule has 11 heteroatoms. The van der Waals surface area contributed by atoms with Crippen molar-refractivity contribution in [3.05, 3.63) is 60.5 Å². The number of hydrogen-bond acceptors (Lipinski definition) is 5. The van der Waals surface area contributed by atoms with Crippen LogP contribution in [-0.4, -0.2) is 31.5 Å². The lowest BCUT2D eigenvalue weighted by molar-refractivity contribution is -0.118. The summed E-state index contributed by atoms with van der Waals surface area (Å²) in [5.74, 6) is -0.732. The average molecular weight is 477 g/mol. The van der Waals surface area contributed by atoms with Crippen LogP contribution < -0.4 is 15.5 Å². The maximum atomic E-state index is 13.9. The van der Waals surface area contributed by atoms with E-state index in [9.17, 15) is 22.4 Å². The Hall–Kier alpha value is -3.44. The van der Waals surface area contributed by atoms with Crippen LogP contribution in [0.2, 0.25) is 0 Å². The summed E-state index contributed by atoms with van der Waals surface area (Å²) in [4.78, 5) is 30.3. The molecule has 1 unspecified atom stereocenters. The third-order valence-corrected chi connectivity index (χ3v) is 6.18. The Bertz CT molecular complexity index is 1240. The first-order valence-corrected chi connectivity index (χ1v) is 11.8. The maximum absolute atomic E-state index is 13.9. The summed E-state index contributed by atoms with van der Waals surface area (Å²) in [7, 11) is -4.10. The number of nitrogens with zero attached hydrogens (tertiary/aromatic N) is 1. The highest BCUT2D eigenvalue weighted by Gasteiger charge is 2.19. The number of benzene rings is 2. The first-order chi connectivity index (χ1) is 15.7. The van der Waals surface area contributed by atoms with Crippen molar-refractivity contribution in [2.75, 3.05) is 11.9 Å². The second-order valence-electron chi connectivity index (χ2n) is 7.34. The summed E-state index contributed by atoms with van der Waals surface area (Å²) < 4.78 is 40.1. The van der Waals surface area contributed by atoms with Crippen molar-refractivity contribution in [2.45, 2.75) is 37.6 Å². The molecule has 1 aromatic heterocycles. The minimum atomic E-state index is -4.10. The zero-order chi connectivity index (χ0) is 24.0. The number of hydrogen-bond donors (Lipinski definition) is 3. The predicted octanol–water partition coefficient (Wildman–Crippen LogP) is 3.70. The molecule has 3 N–H and O–H groups in total. The molecule has 3 aromatic rings. The first-order valence-electron chi connectivity index (χ1n) is 10.4. The maximum Gasteiger partial charge on any atom is 0.427 e. The molecular formula is C22H25FN4O5S. The third-order valence-electron chi connectivity index (χ3n) is 4.98. The van der Waals surface area contributed by atoms with Crippen LogP contribution in [0.4, 0.5) is 14.9 Å². The van der Waals surface area contributed by atoms with E-state index in [0.717, 1.165) is 12.8 Å². The van der Waals surface area contributed by atoms with Gasteiger partial charge in [-0.1, -0.05) is 19.4 Å². The van der Waals surface area contributed by atoms with Crippen LogP contribution >= 0.6 is 0 Å². The Labute approximate surface area is 190 Å². The number of sulfonamides is 1. The molecule has 0 radical (unpaired) electrons. The Morgan fingerprint density at radius 1 is 1.12 bits per heavy atom. The van der Waals surface area contributed by atoms with Gasteiger partial charge in [0.05, 0.1) is 10.4 Å². The molecule has 0 aliphatic rings. The molecule has 1 heterocycles.